The lowest BCUT2D eigenvalue weighted by atomic mass is 10.3. The molecule has 2 heterocycles. The van der Waals surface area contributed by atoms with Crippen LogP contribution in [0.5, 0.6) is 0 Å². The number of amides is 1. The summed E-state index contributed by atoms with van der Waals surface area (Å²) in [5, 5.41) is 2.48. The van der Waals surface area contributed by atoms with Gasteiger partial charge in [-0.25, -0.2) is 22.5 Å². The molecule has 3 rings (SSSR count). The Labute approximate surface area is 175 Å². The molecule has 3 aromatic rings. The first-order chi connectivity index (χ1) is 13.8. The molecule has 0 fully saturated rings. The highest BCUT2D eigenvalue weighted by atomic mass is 35.5. The molecule has 0 spiro atoms. The number of carbonyl (C=O) groups is 1. The van der Waals surface area contributed by atoms with Crippen LogP contribution in [0, 0.1) is 5.82 Å². The summed E-state index contributed by atoms with van der Waals surface area (Å²) < 4.78 is 40.1. The van der Waals surface area contributed by atoms with Gasteiger partial charge in [0.1, 0.15) is 11.5 Å². The van der Waals surface area contributed by atoms with E-state index in [0.29, 0.717) is 5.69 Å². The van der Waals surface area contributed by atoms with Crippen molar-refractivity contribution < 1.29 is 17.6 Å². The van der Waals surface area contributed by atoms with E-state index in [1.807, 2.05) is 6.92 Å². The Bertz CT molecular complexity index is 1110. The number of aromatic nitrogens is 3. The zero-order chi connectivity index (χ0) is 21.0. The highest BCUT2D eigenvalue weighted by molar-refractivity contribution is 7.89. The summed E-state index contributed by atoms with van der Waals surface area (Å²) >= 11 is 7.05. The van der Waals surface area contributed by atoms with Crippen LogP contribution in [0.3, 0.4) is 0 Å². The molecule has 2 aromatic heterocycles. The number of halogens is 2. The predicted octanol–water partition coefficient (Wildman–Crippen LogP) is 2.70. The number of hydrogen-bond acceptors (Lipinski definition) is 7. The molecule has 0 bridgehead atoms. The molecular weight excluding hydrogens is 441 g/mol. The minimum Gasteiger partial charge on any atom is -0.343 e. The van der Waals surface area contributed by atoms with Gasteiger partial charge in [-0.15, -0.1) is 11.3 Å². The van der Waals surface area contributed by atoms with Gasteiger partial charge in [0.25, 0.3) is 5.91 Å². The van der Waals surface area contributed by atoms with Crippen molar-refractivity contribution in [2.45, 2.75) is 24.4 Å². The Balaban J connectivity index is 1.61. The number of hydrogen-bond donors (Lipinski definition) is 2. The van der Waals surface area contributed by atoms with E-state index in [2.05, 4.69) is 25.0 Å². The minimum absolute atomic E-state index is 0.0956. The van der Waals surface area contributed by atoms with Crippen molar-refractivity contribution in [3.05, 3.63) is 69.4 Å². The Hall–Kier alpha value is -2.47. The normalized spacial score (nSPS) is 12.5. The Morgan fingerprint density at radius 3 is 2.69 bits per heavy atom. The molecular formula is C17H15ClFN5O3S2. The molecule has 0 saturated carbocycles. The molecule has 8 nitrogen and oxygen atoms in total. The third-order valence-corrected chi connectivity index (χ3v) is 6.46. The first kappa shape index (κ1) is 21.2. The highest BCUT2D eigenvalue weighted by Gasteiger charge is 2.17. The molecule has 0 unspecified atom stereocenters. The fourth-order valence-electron chi connectivity index (χ4n) is 2.24. The van der Waals surface area contributed by atoms with Crippen LogP contribution >= 0.6 is 22.9 Å². The van der Waals surface area contributed by atoms with E-state index in [-0.39, 0.29) is 28.2 Å². The zero-order valence-corrected chi connectivity index (χ0v) is 17.4. The maximum Gasteiger partial charge on any atom is 0.271 e. The van der Waals surface area contributed by atoms with Gasteiger partial charge in [-0.1, -0.05) is 11.6 Å². The van der Waals surface area contributed by atoms with Gasteiger partial charge in [-0.05, 0) is 25.1 Å². The lowest BCUT2D eigenvalue weighted by molar-refractivity contribution is 0.0935. The number of carbonyl (C=O) groups excluding carboxylic acids is 1. The summed E-state index contributed by atoms with van der Waals surface area (Å²) in [5.74, 6) is -1.12. The van der Waals surface area contributed by atoms with Crippen molar-refractivity contribution >= 4 is 38.9 Å². The van der Waals surface area contributed by atoms with E-state index in [1.165, 1.54) is 23.7 Å². The smallest absolute Gasteiger partial charge is 0.271 e. The van der Waals surface area contributed by atoms with Gasteiger partial charge in [-0.2, -0.15) is 0 Å². The fourth-order valence-corrected chi connectivity index (χ4v) is 4.14. The summed E-state index contributed by atoms with van der Waals surface area (Å²) in [6, 6.07) is 2.86. The predicted molar refractivity (Wildman–Crippen MR) is 105 cm³/mol. The molecule has 0 aliphatic heterocycles. The average molecular weight is 456 g/mol. The maximum absolute atomic E-state index is 13.2. The van der Waals surface area contributed by atoms with Gasteiger partial charge in [-0.3, -0.25) is 14.8 Å². The standard InChI is InChI=1S/C17H15ClFN5O3S2/c1-10(16-8-20-9-28-16)24-17(25)15-7-21-11(5-22-15)6-23-29(26,27)12-2-3-14(19)13(18)4-12/h2-5,7-10,23H,6H2,1H3,(H,24,25)/t10-/m1/s1. The third kappa shape index (κ3) is 5.32. The van der Waals surface area contributed by atoms with Gasteiger partial charge in [0.2, 0.25) is 10.0 Å². The zero-order valence-electron chi connectivity index (χ0n) is 15.0. The number of nitrogens with zero attached hydrogens (tertiary/aromatic N) is 3. The SMILES string of the molecule is C[C@@H](NC(=O)c1cnc(CNS(=O)(=O)c2ccc(F)c(Cl)c2)cn1)c1cncs1. The second-order valence-corrected chi connectivity index (χ2v) is 8.98. The monoisotopic (exact) mass is 455 g/mol. The summed E-state index contributed by atoms with van der Waals surface area (Å²) in [6.07, 6.45) is 4.23. The molecule has 12 heteroatoms. The quantitative estimate of drug-likeness (QED) is 0.566. The number of sulfonamides is 1. The van der Waals surface area contributed by atoms with E-state index in [9.17, 15) is 17.6 Å². The first-order valence-corrected chi connectivity index (χ1v) is 11.0. The van der Waals surface area contributed by atoms with Crippen molar-refractivity contribution in [3.63, 3.8) is 0 Å². The van der Waals surface area contributed by atoms with Gasteiger partial charge >= 0.3 is 0 Å². The fraction of sp³-hybridized carbons (Fsp3) is 0.176. The number of nitrogens with one attached hydrogen (secondary N) is 2. The first-order valence-electron chi connectivity index (χ1n) is 8.21. The molecule has 0 aliphatic rings. The minimum atomic E-state index is -3.92. The van der Waals surface area contributed by atoms with E-state index < -0.39 is 21.7 Å². The molecule has 29 heavy (non-hydrogen) atoms. The highest BCUT2D eigenvalue weighted by Crippen LogP contribution is 2.19. The average Bonchev–Trinajstić information content (AvgIpc) is 3.24. The van der Waals surface area contributed by atoms with Crippen LogP contribution in [-0.4, -0.2) is 29.3 Å². The van der Waals surface area contributed by atoms with E-state index in [1.54, 1.807) is 11.7 Å². The van der Waals surface area contributed by atoms with Crippen LogP contribution in [0.2, 0.25) is 5.02 Å². The van der Waals surface area contributed by atoms with Gasteiger partial charge < -0.3 is 5.32 Å². The summed E-state index contributed by atoms with van der Waals surface area (Å²) in [4.78, 5) is 25.0. The van der Waals surface area contributed by atoms with Crippen LogP contribution in [-0.2, 0) is 16.6 Å². The van der Waals surface area contributed by atoms with Crippen LogP contribution in [0.25, 0.3) is 0 Å². The molecule has 152 valence electrons. The van der Waals surface area contributed by atoms with Crippen molar-refractivity contribution in [1.82, 2.24) is 25.0 Å². The number of benzene rings is 1. The summed E-state index contributed by atoms with van der Waals surface area (Å²) in [7, 11) is -3.92. The molecule has 1 aromatic carbocycles. The van der Waals surface area contributed by atoms with Crippen LogP contribution < -0.4 is 10.0 Å². The van der Waals surface area contributed by atoms with Gasteiger partial charge in [0, 0.05) is 11.1 Å². The lowest BCUT2D eigenvalue weighted by Crippen LogP contribution is -2.27. The largest absolute Gasteiger partial charge is 0.343 e. The molecule has 0 aliphatic carbocycles. The molecule has 1 amide bonds. The van der Waals surface area contributed by atoms with E-state index in [4.69, 9.17) is 11.6 Å². The van der Waals surface area contributed by atoms with Crippen molar-refractivity contribution in [3.8, 4) is 0 Å². The van der Waals surface area contributed by atoms with Gasteiger partial charge in [0.15, 0.2) is 0 Å². The van der Waals surface area contributed by atoms with E-state index in [0.717, 1.165) is 23.1 Å². The molecule has 1 atom stereocenters. The van der Waals surface area contributed by atoms with Crippen molar-refractivity contribution in [2.24, 2.45) is 0 Å². The summed E-state index contributed by atoms with van der Waals surface area (Å²) in [6.45, 7) is 1.66. The van der Waals surface area contributed by atoms with Crippen molar-refractivity contribution in [1.29, 1.82) is 0 Å². The third-order valence-electron chi connectivity index (χ3n) is 3.81. The molecule has 0 radical (unpaired) electrons. The Morgan fingerprint density at radius 1 is 1.28 bits per heavy atom. The lowest BCUT2D eigenvalue weighted by Gasteiger charge is -2.11. The number of rotatable bonds is 7. The summed E-state index contributed by atoms with van der Waals surface area (Å²) in [5.41, 5.74) is 2.07. The second-order valence-electron chi connectivity index (χ2n) is 5.89. The Morgan fingerprint density at radius 2 is 2.07 bits per heavy atom. The van der Waals surface area contributed by atoms with Crippen LogP contribution in [0.1, 0.15) is 34.0 Å². The van der Waals surface area contributed by atoms with E-state index >= 15 is 0 Å². The molecule has 2 N–H and O–H groups in total. The Kier molecular flexibility index (Phi) is 6.52. The topological polar surface area (TPSA) is 114 Å². The van der Waals surface area contributed by atoms with Crippen LogP contribution in [0.4, 0.5) is 4.39 Å². The number of thiazole rings is 1. The maximum atomic E-state index is 13.2. The van der Waals surface area contributed by atoms with Crippen LogP contribution in [0.15, 0.2) is 47.2 Å². The van der Waals surface area contributed by atoms with Gasteiger partial charge in [0.05, 0.1) is 46.1 Å². The molecule has 0 saturated heterocycles. The van der Waals surface area contributed by atoms with Crippen molar-refractivity contribution in [2.75, 3.05) is 0 Å². The second kappa shape index (κ2) is 8.91.